The fourth-order valence-electron chi connectivity index (χ4n) is 3.07. The van der Waals surface area contributed by atoms with E-state index in [2.05, 4.69) is 6.92 Å². The molecule has 1 heterocycles. The molecule has 0 spiro atoms. The van der Waals surface area contributed by atoms with E-state index in [0.29, 0.717) is 17.8 Å². The van der Waals surface area contributed by atoms with E-state index in [1.807, 2.05) is 30.3 Å². The fourth-order valence-corrected chi connectivity index (χ4v) is 3.07. The van der Waals surface area contributed by atoms with Gasteiger partial charge < -0.3 is 4.90 Å². The minimum atomic E-state index is -0.217. The molecule has 0 radical (unpaired) electrons. The summed E-state index contributed by atoms with van der Waals surface area (Å²) >= 11 is 0. The summed E-state index contributed by atoms with van der Waals surface area (Å²) in [6.45, 7) is 2.70. The summed E-state index contributed by atoms with van der Waals surface area (Å²) in [6, 6.07) is 16.3. The first-order valence-corrected chi connectivity index (χ1v) is 8.94. The largest absolute Gasteiger partial charge is 0.308 e. The van der Waals surface area contributed by atoms with Crippen LogP contribution in [0.1, 0.15) is 43.0 Å². The molecule has 0 aromatic heterocycles. The number of amides is 3. The smallest absolute Gasteiger partial charge is 0.258 e. The molecule has 0 aliphatic carbocycles. The normalized spacial score (nSPS) is 14.0. The minimum Gasteiger partial charge on any atom is -0.308 e. The van der Waals surface area contributed by atoms with Crippen molar-refractivity contribution >= 4 is 29.1 Å². The second kappa shape index (κ2) is 7.95. The van der Waals surface area contributed by atoms with E-state index >= 15 is 0 Å². The molecule has 3 amide bonds. The number of carbonyl (C=O) groups is 3. The average molecular weight is 350 g/mol. The summed E-state index contributed by atoms with van der Waals surface area (Å²) in [7, 11) is 0. The molecule has 1 saturated heterocycles. The van der Waals surface area contributed by atoms with Crippen LogP contribution in [0.5, 0.6) is 0 Å². The van der Waals surface area contributed by atoms with Gasteiger partial charge in [0.15, 0.2) is 0 Å². The molecule has 1 aliphatic heterocycles. The van der Waals surface area contributed by atoms with Crippen LogP contribution in [0.25, 0.3) is 0 Å². The first-order chi connectivity index (χ1) is 12.6. The standard InChI is InChI=1S/C21H22N2O3/c1-2-3-14-22(17-9-5-4-6-10-17)21(26)16-8-7-11-18(15-16)23-19(24)12-13-20(23)25/h4-11,15H,2-3,12-14H2,1H3. The van der Waals surface area contributed by atoms with Crippen LogP contribution in [0.4, 0.5) is 11.4 Å². The van der Waals surface area contributed by atoms with Crippen LogP contribution in [-0.2, 0) is 9.59 Å². The van der Waals surface area contributed by atoms with Crippen LogP contribution in [0, 0.1) is 0 Å². The maximum absolute atomic E-state index is 13.1. The molecule has 2 aromatic carbocycles. The number of nitrogens with zero attached hydrogens (tertiary/aromatic N) is 2. The van der Waals surface area contributed by atoms with Crippen molar-refractivity contribution in [3.05, 3.63) is 60.2 Å². The van der Waals surface area contributed by atoms with E-state index in [4.69, 9.17) is 0 Å². The van der Waals surface area contributed by atoms with Gasteiger partial charge in [-0.2, -0.15) is 0 Å². The van der Waals surface area contributed by atoms with E-state index in [1.54, 1.807) is 29.2 Å². The summed E-state index contributed by atoms with van der Waals surface area (Å²) in [5.74, 6) is -0.568. The van der Waals surface area contributed by atoms with Gasteiger partial charge in [-0.3, -0.25) is 19.3 Å². The predicted molar refractivity (Wildman–Crippen MR) is 101 cm³/mol. The molecule has 3 rings (SSSR count). The lowest BCUT2D eigenvalue weighted by molar-refractivity contribution is -0.121. The SMILES string of the molecule is CCCCN(C(=O)c1cccc(N2C(=O)CCC2=O)c1)c1ccccc1. The predicted octanol–water partition coefficient (Wildman–Crippen LogP) is 3.79. The number of hydrogen-bond donors (Lipinski definition) is 0. The Labute approximate surface area is 153 Å². The number of carbonyl (C=O) groups excluding carboxylic acids is 3. The number of imide groups is 1. The number of para-hydroxylation sites is 1. The van der Waals surface area contributed by atoms with Crippen molar-refractivity contribution in [3.63, 3.8) is 0 Å². The summed E-state index contributed by atoms with van der Waals surface area (Å²) in [6.07, 6.45) is 2.32. The van der Waals surface area contributed by atoms with Crippen molar-refractivity contribution in [3.8, 4) is 0 Å². The van der Waals surface area contributed by atoms with E-state index < -0.39 is 0 Å². The van der Waals surface area contributed by atoms with E-state index in [-0.39, 0.29) is 30.6 Å². The third-order valence-corrected chi connectivity index (χ3v) is 4.45. The molecule has 0 bridgehead atoms. The number of benzene rings is 2. The second-order valence-electron chi connectivity index (χ2n) is 6.32. The summed E-state index contributed by atoms with van der Waals surface area (Å²) < 4.78 is 0. The van der Waals surface area contributed by atoms with Crippen molar-refractivity contribution < 1.29 is 14.4 Å². The van der Waals surface area contributed by atoms with Gasteiger partial charge in [-0.1, -0.05) is 37.6 Å². The zero-order valence-corrected chi connectivity index (χ0v) is 14.9. The van der Waals surface area contributed by atoms with Crippen LogP contribution in [0.3, 0.4) is 0 Å². The van der Waals surface area contributed by atoms with Gasteiger partial charge in [0.25, 0.3) is 5.91 Å². The Kier molecular flexibility index (Phi) is 5.46. The third kappa shape index (κ3) is 3.67. The molecule has 134 valence electrons. The molecular weight excluding hydrogens is 328 g/mol. The fraction of sp³-hybridized carbons (Fsp3) is 0.286. The van der Waals surface area contributed by atoms with Crippen molar-refractivity contribution in [2.75, 3.05) is 16.3 Å². The van der Waals surface area contributed by atoms with Crippen LogP contribution in [-0.4, -0.2) is 24.3 Å². The van der Waals surface area contributed by atoms with Crippen molar-refractivity contribution in [2.24, 2.45) is 0 Å². The van der Waals surface area contributed by atoms with Crippen molar-refractivity contribution in [1.82, 2.24) is 0 Å². The lowest BCUT2D eigenvalue weighted by Gasteiger charge is -2.23. The number of hydrogen-bond acceptors (Lipinski definition) is 3. The molecule has 1 aliphatic rings. The number of rotatable bonds is 6. The van der Waals surface area contributed by atoms with Gasteiger partial charge in [0.1, 0.15) is 0 Å². The molecule has 0 N–H and O–H groups in total. The van der Waals surface area contributed by atoms with Gasteiger partial charge in [0.2, 0.25) is 11.8 Å². The molecule has 0 saturated carbocycles. The monoisotopic (exact) mass is 350 g/mol. The molecule has 0 unspecified atom stereocenters. The van der Waals surface area contributed by atoms with Gasteiger partial charge >= 0.3 is 0 Å². The van der Waals surface area contributed by atoms with Gasteiger partial charge in [-0.15, -0.1) is 0 Å². The first-order valence-electron chi connectivity index (χ1n) is 8.94. The maximum Gasteiger partial charge on any atom is 0.258 e. The zero-order valence-electron chi connectivity index (χ0n) is 14.9. The third-order valence-electron chi connectivity index (χ3n) is 4.45. The highest BCUT2D eigenvalue weighted by Crippen LogP contribution is 2.25. The quantitative estimate of drug-likeness (QED) is 0.745. The lowest BCUT2D eigenvalue weighted by Crippen LogP contribution is -2.32. The van der Waals surface area contributed by atoms with E-state index in [0.717, 1.165) is 18.5 Å². The van der Waals surface area contributed by atoms with Gasteiger partial charge in [-0.05, 0) is 36.8 Å². The second-order valence-corrected chi connectivity index (χ2v) is 6.32. The maximum atomic E-state index is 13.1. The molecule has 1 fully saturated rings. The van der Waals surface area contributed by atoms with E-state index in [9.17, 15) is 14.4 Å². The Morgan fingerprint density at radius 3 is 2.35 bits per heavy atom. The molecular formula is C21H22N2O3. The molecule has 5 heteroatoms. The first kappa shape index (κ1) is 17.9. The molecule has 26 heavy (non-hydrogen) atoms. The van der Waals surface area contributed by atoms with Crippen LogP contribution in [0.15, 0.2) is 54.6 Å². The Balaban J connectivity index is 1.91. The highest BCUT2D eigenvalue weighted by atomic mass is 16.2. The van der Waals surface area contributed by atoms with Crippen LogP contribution < -0.4 is 9.80 Å². The number of unbranched alkanes of at least 4 members (excludes halogenated alkanes) is 1. The van der Waals surface area contributed by atoms with Gasteiger partial charge in [-0.25, -0.2) is 0 Å². The molecule has 2 aromatic rings. The van der Waals surface area contributed by atoms with Gasteiger partial charge in [0, 0.05) is 30.6 Å². The Morgan fingerprint density at radius 1 is 1.00 bits per heavy atom. The van der Waals surface area contributed by atoms with E-state index in [1.165, 1.54) is 4.90 Å². The average Bonchev–Trinajstić information content (AvgIpc) is 3.01. The van der Waals surface area contributed by atoms with Crippen LogP contribution in [0.2, 0.25) is 0 Å². The summed E-state index contributed by atoms with van der Waals surface area (Å²) in [5, 5.41) is 0. The zero-order chi connectivity index (χ0) is 18.5. The summed E-state index contributed by atoms with van der Waals surface area (Å²) in [5.41, 5.74) is 1.77. The summed E-state index contributed by atoms with van der Waals surface area (Å²) in [4.78, 5) is 40.0. The number of anilines is 2. The van der Waals surface area contributed by atoms with Gasteiger partial charge in [0.05, 0.1) is 5.69 Å². The lowest BCUT2D eigenvalue weighted by atomic mass is 10.1. The Morgan fingerprint density at radius 2 is 1.69 bits per heavy atom. The Bertz CT molecular complexity index is 801. The minimum absolute atomic E-state index is 0.134. The van der Waals surface area contributed by atoms with Crippen molar-refractivity contribution in [1.29, 1.82) is 0 Å². The molecule has 5 nitrogen and oxygen atoms in total. The highest BCUT2D eigenvalue weighted by Gasteiger charge is 2.30. The van der Waals surface area contributed by atoms with Crippen LogP contribution >= 0.6 is 0 Å². The highest BCUT2D eigenvalue weighted by molar-refractivity contribution is 6.20. The molecule has 0 atom stereocenters. The van der Waals surface area contributed by atoms with Crippen molar-refractivity contribution in [2.45, 2.75) is 32.6 Å². The topological polar surface area (TPSA) is 57.7 Å². The Hall–Kier alpha value is -2.95.